The van der Waals surface area contributed by atoms with Crippen molar-refractivity contribution in [1.29, 1.82) is 0 Å². The lowest BCUT2D eigenvalue weighted by atomic mass is 10.0. The molecule has 0 N–H and O–H groups in total. The van der Waals surface area contributed by atoms with E-state index in [2.05, 4.69) is 4.98 Å². The summed E-state index contributed by atoms with van der Waals surface area (Å²) in [5.74, 6) is -0.679. The normalized spacial score (nSPS) is 22.6. The number of aryl methyl sites for hydroxylation is 2. The fourth-order valence-electron chi connectivity index (χ4n) is 3.02. The first-order valence-corrected chi connectivity index (χ1v) is 8.37. The molecule has 0 bridgehead atoms. The molecule has 0 saturated carbocycles. The van der Waals surface area contributed by atoms with Crippen LogP contribution < -0.4 is 4.90 Å². The topological polar surface area (TPSA) is 59.5 Å². The average Bonchev–Trinajstić information content (AvgIpc) is 3.01. The van der Waals surface area contributed by atoms with E-state index < -0.39 is 0 Å². The van der Waals surface area contributed by atoms with Gasteiger partial charge in [0.15, 0.2) is 5.13 Å². The van der Waals surface area contributed by atoms with Gasteiger partial charge in [0.05, 0.1) is 18.7 Å². The average molecular weight is 308 g/mol. The van der Waals surface area contributed by atoms with Crippen molar-refractivity contribution in [1.82, 2.24) is 4.98 Å². The van der Waals surface area contributed by atoms with Crippen LogP contribution >= 0.6 is 11.3 Å². The molecule has 3 rings (SSSR count). The molecule has 1 atom stereocenters. The molecule has 1 saturated heterocycles. The highest BCUT2D eigenvalue weighted by atomic mass is 32.1. The summed E-state index contributed by atoms with van der Waals surface area (Å²) in [6, 6.07) is 0. The number of hydrogen-bond acceptors (Lipinski definition) is 5. The minimum Gasteiger partial charge on any atom is -0.469 e. The summed E-state index contributed by atoms with van der Waals surface area (Å²) in [5, 5.41) is 0.762. The smallest absolute Gasteiger partial charge is 0.311 e. The lowest BCUT2D eigenvalue weighted by molar-refractivity contribution is -0.145. The zero-order valence-electron chi connectivity index (χ0n) is 12.3. The summed E-state index contributed by atoms with van der Waals surface area (Å²) in [5.41, 5.74) is 1.16. The van der Waals surface area contributed by atoms with Crippen molar-refractivity contribution in [2.24, 2.45) is 5.92 Å². The van der Waals surface area contributed by atoms with E-state index in [9.17, 15) is 9.59 Å². The maximum absolute atomic E-state index is 12.1. The van der Waals surface area contributed by atoms with Gasteiger partial charge in [0.25, 0.3) is 0 Å². The van der Waals surface area contributed by atoms with Gasteiger partial charge in [0.2, 0.25) is 5.91 Å². The highest BCUT2D eigenvalue weighted by Crippen LogP contribution is 2.34. The monoisotopic (exact) mass is 308 g/mol. The maximum atomic E-state index is 12.1. The molecule has 2 heterocycles. The van der Waals surface area contributed by atoms with Gasteiger partial charge in [0, 0.05) is 17.8 Å². The third kappa shape index (κ3) is 2.95. The number of carbonyl (C=O) groups is 2. The summed E-state index contributed by atoms with van der Waals surface area (Å²) in [6.45, 7) is 0.401. The third-order valence-electron chi connectivity index (χ3n) is 4.22. The Bertz CT molecular complexity index is 530. The Hall–Kier alpha value is -1.43. The SMILES string of the molecule is COC(=O)C1CC(=O)N(c2nc3c(s2)CCCCCC3)C1. The number of ether oxygens (including phenoxy) is 1. The number of amides is 1. The van der Waals surface area contributed by atoms with E-state index in [0.717, 1.165) is 23.7 Å². The van der Waals surface area contributed by atoms with Crippen LogP contribution in [-0.2, 0) is 27.2 Å². The zero-order valence-corrected chi connectivity index (χ0v) is 13.1. The van der Waals surface area contributed by atoms with Gasteiger partial charge in [-0.3, -0.25) is 14.5 Å². The number of carbonyl (C=O) groups excluding carboxylic acids is 2. The van der Waals surface area contributed by atoms with Gasteiger partial charge < -0.3 is 4.74 Å². The fourth-order valence-corrected chi connectivity index (χ4v) is 4.20. The van der Waals surface area contributed by atoms with Gasteiger partial charge in [-0.1, -0.05) is 12.8 Å². The van der Waals surface area contributed by atoms with Crippen molar-refractivity contribution in [3.05, 3.63) is 10.6 Å². The number of aromatic nitrogens is 1. The number of fused-ring (bicyclic) bond motifs is 1. The molecule has 1 unspecified atom stereocenters. The molecule has 1 fully saturated rings. The van der Waals surface area contributed by atoms with Crippen molar-refractivity contribution in [3.63, 3.8) is 0 Å². The van der Waals surface area contributed by atoms with Crippen LogP contribution in [0, 0.1) is 5.92 Å². The quantitative estimate of drug-likeness (QED) is 0.787. The molecule has 1 aliphatic heterocycles. The maximum Gasteiger partial charge on any atom is 0.311 e. The van der Waals surface area contributed by atoms with Gasteiger partial charge in [-0.05, 0) is 25.7 Å². The molecule has 1 aliphatic carbocycles. The summed E-state index contributed by atoms with van der Waals surface area (Å²) < 4.78 is 4.75. The predicted octanol–water partition coefficient (Wildman–Crippen LogP) is 2.33. The Morgan fingerprint density at radius 2 is 2.05 bits per heavy atom. The van der Waals surface area contributed by atoms with Crippen LogP contribution in [0.15, 0.2) is 0 Å². The molecule has 6 heteroatoms. The summed E-state index contributed by atoms with van der Waals surface area (Å²) in [4.78, 5) is 31.4. The van der Waals surface area contributed by atoms with Crippen LogP contribution in [0.4, 0.5) is 5.13 Å². The van der Waals surface area contributed by atoms with Crippen molar-refractivity contribution in [2.45, 2.75) is 44.9 Å². The Kier molecular flexibility index (Phi) is 4.24. The molecule has 2 aliphatic rings. The van der Waals surface area contributed by atoms with Gasteiger partial charge in [-0.2, -0.15) is 0 Å². The Labute approximate surface area is 128 Å². The molecule has 1 aromatic rings. The van der Waals surface area contributed by atoms with E-state index in [4.69, 9.17) is 4.74 Å². The molecule has 114 valence electrons. The number of anilines is 1. The number of hydrogen-bond donors (Lipinski definition) is 0. The first-order chi connectivity index (χ1) is 10.2. The molecular weight excluding hydrogens is 288 g/mol. The van der Waals surface area contributed by atoms with Crippen molar-refractivity contribution >= 4 is 28.3 Å². The van der Waals surface area contributed by atoms with Gasteiger partial charge in [0.1, 0.15) is 0 Å². The molecule has 0 radical (unpaired) electrons. The first kappa shape index (κ1) is 14.5. The minimum absolute atomic E-state index is 0.0212. The van der Waals surface area contributed by atoms with Crippen molar-refractivity contribution in [2.75, 3.05) is 18.6 Å². The Morgan fingerprint density at radius 3 is 2.81 bits per heavy atom. The number of rotatable bonds is 2. The van der Waals surface area contributed by atoms with Gasteiger partial charge in [-0.15, -0.1) is 11.3 Å². The highest BCUT2D eigenvalue weighted by Gasteiger charge is 2.37. The van der Waals surface area contributed by atoms with E-state index in [-0.39, 0.29) is 24.2 Å². The minimum atomic E-state index is -0.353. The highest BCUT2D eigenvalue weighted by molar-refractivity contribution is 7.16. The summed E-state index contributed by atoms with van der Waals surface area (Å²) in [7, 11) is 1.37. The van der Waals surface area contributed by atoms with Crippen molar-refractivity contribution < 1.29 is 14.3 Å². The number of methoxy groups -OCH3 is 1. The van der Waals surface area contributed by atoms with E-state index >= 15 is 0 Å². The third-order valence-corrected chi connectivity index (χ3v) is 5.41. The van der Waals surface area contributed by atoms with Crippen LogP contribution in [0.25, 0.3) is 0 Å². The zero-order chi connectivity index (χ0) is 14.8. The first-order valence-electron chi connectivity index (χ1n) is 7.56. The standard InChI is InChI=1S/C15H20N2O3S/c1-20-14(19)10-8-13(18)17(9-10)15-16-11-6-4-2-3-5-7-12(11)21-15/h10H,2-9H2,1H3. The predicted molar refractivity (Wildman–Crippen MR) is 80.5 cm³/mol. The largest absolute Gasteiger partial charge is 0.469 e. The van der Waals surface area contributed by atoms with E-state index in [0.29, 0.717) is 6.54 Å². The molecule has 21 heavy (non-hydrogen) atoms. The molecular formula is C15H20N2O3S. The number of esters is 1. The van der Waals surface area contributed by atoms with Crippen LogP contribution in [0.5, 0.6) is 0 Å². The van der Waals surface area contributed by atoms with Crippen LogP contribution in [0.3, 0.4) is 0 Å². The Morgan fingerprint density at radius 1 is 1.29 bits per heavy atom. The van der Waals surface area contributed by atoms with Crippen LogP contribution in [0.1, 0.15) is 42.7 Å². The molecule has 1 amide bonds. The van der Waals surface area contributed by atoms with E-state index in [1.54, 1.807) is 16.2 Å². The second kappa shape index (κ2) is 6.13. The van der Waals surface area contributed by atoms with Gasteiger partial charge in [-0.25, -0.2) is 4.98 Å². The second-order valence-electron chi connectivity index (χ2n) is 5.71. The second-order valence-corrected chi connectivity index (χ2v) is 6.77. The van der Waals surface area contributed by atoms with Crippen LogP contribution in [-0.4, -0.2) is 30.5 Å². The molecule has 1 aromatic heterocycles. The number of thiazole rings is 1. The fraction of sp³-hybridized carbons (Fsp3) is 0.667. The van der Waals surface area contributed by atoms with Crippen molar-refractivity contribution in [3.8, 4) is 0 Å². The number of nitrogens with zero attached hydrogens (tertiary/aromatic N) is 2. The Balaban J connectivity index is 1.79. The summed E-state index contributed by atoms with van der Waals surface area (Å²) in [6.07, 6.45) is 7.22. The lowest BCUT2D eigenvalue weighted by Crippen LogP contribution is -2.26. The summed E-state index contributed by atoms with van der Waals surface area (Å²) >= 11 is 1.62. The van der Waals surface area contributed by atoms with Crippen LogP contribution in [0.2, 0.25) is 0 Å². The van der Waals surface area contributed by atoms with Gasteiger partial charge >= 0.3 is 5.97 Å². The van der Waals surface area contributed by atoms with E-state index in [1.165, 1.54) is 37.7 Å². The lowest BCUT2D eigenvalue weighted by Gasteiger charge is -2.12. The molecule has 0 aromatic carbocycles. The van der Waals surface area contributed by atoms with E-state index in [1.807, 2.05) is 0 Å². The molecule has 0 spiro atoms. The molecule has 5 nitrogen and oxygen atoms in total.